The van der Waals surface area contributed by atoms with E-state index in [9.17, 15) is 8.76 Å². The molecule has 0 spiro atoms. The summed E-state index contributed by atoms with van der Waals surface area (Å²) in [7, 11) is 0. The first-order valence-electron chi connectivity index (χ1n) is 5.05. The van der Waals surface area contributed by atoms with Crippen LogP contribution in [0.1, 0.15) is 27.2 Å². The summed E-state index contributed by atoms with van der Waals surface area (Å²) in [6.07, 6.45) is 0.739. The van der Waals surface area contributed by atoms with Crippen molar-refractivity contribution in [1.29, 1.82) is 0 Å². The molecule has 19 heavy (non-hydrogen) atoms. The zero-order valence-electron chi connectivity index (χ0n) is 11.2. The van der Waals surface area contributed by atoms with E-state index in [0.717, 1.165) is 6.42 Å². The van der Waals surface area contributed by atoms with E-state index in [1.165, 1.54) is 0 Å². The molecule has 4 nitrogen and oxygen atoms in total. The number of hydrogen-bond acceptors (Lipinski definition) is 2. The van der Waals surface area contributed by atoms with Crippen molar-refractivity contribution in [3.63, 3.8) is 0 Å². The smallest absolute Gasteiger partial charge is 0 e. The van der Waals surface area contributed by atoms with E-state index in [2.05, 4.69) is 13.3 Å². The molecule has 1 rings (SSSR count). The summed E-state index contributed by atoms with van der Waals surface area (Å²) in [4.78, 5) is 0. The van der Waals surface area contributed by atoms with Crippen molar-refractivity contribution in [3.8, 4) is 0 Å². The molecule has 0 amide bonds. The fraction of sp³-hybridized carbons (Fsp3) is 0.462. The van der Waals surface area contributed by atoms with E-state index in [4.69, 9.17) is 9.30 Å². The normalized spacial score (nSPS) is 9.68. The number of rotatable bonds is 2. The molecule has 110 valence electrons. The van der Waals surface area contributed by atoms with Gasteiger partial charge in [0, 0.05) is 22.8 Å². The second-order valence-electron chi connectivity index (χ2n) is 4.28. The predicted octanol–water partition coefficient (Wildman–Crippen LogP) is 2.63. The largest absolute Gasteiger partial charge is 0.214 e. The van der Waals surface area contributed by atoms with Gasteiger partial charge in [-0.2, -0.15) is 18.2 Å². The third-order valence-corrected chi connectivity index (χ3v) is 2.11. The van der Waals surface area contributed by atoms with Crippen LogP contribution in [0.4, 0.5) is 0 Å². The average Bonchev–Trinajstić information content (AvgIpc) is 2.90. The summed E-state index contributed by atoms with van der Waals surface area (Å²) in [5.41, 5.74) is 0.139. The van der Waals surface area contributed by atoms with Gasteiger partial charge in [0.1, 0.15) is 0 Å². The molecule has 1 unspecified atom stereocenters. The van der Waals surface area contributed by atoms with Crippen molar-refractivity contribution < 1.29 is 35.1 Å². The van der Waals surface area contributed by atoms with Gasteiger partial charge >= 0.3 is 22.6 Å². The van der Waals surface area contributed by atoms with Gasteiger partial charge in [-0.1, -0.05) is 31.9 Å². The van der Waals surface area contributed by atoms with Crippen LogP contribution in [0.15, 0.2) is 30.3 Å². The zero-order chi connectivity index (χ0) is 15.0. The Hall–Kier alpha value is -0.541. The minimum atomic E-state index is -1.86. The fourth-order valence-corrected chi connectivity index (χ4v) is 1.49. The quantitative estimate of drug-likeness (QED) is 0.362. The van der Waals surface area contributed by atoms with Gasteiger partial charge in [0.2, 0.25) is 0 Å². The molecule has 0 saturated carbocycles. The SMILES string of the molecule is CC(C)(C)CCS(=O)[O-].[C-]#[O+].[C-]#[O+].[Fe].c1cc[cH-]c1. The molecule has 0 aliphatic heterocycles. The molecule has 1 aromatic rings. The maximum atomic E-state index is 10.0. The first-order valence-corrected chi connectivity index (χ1v) is 6.29. The second kappa shape index (κ2) is 19.8. The van der Waals surface area contributed by atoms with Gasteiger partial charge < -0.3 is 4.55 Å². The molecular weight excluding hydrogens is 308 g/mol. The van der Waals surface area contributed by atoms with Crippen LogP contribution in [0.5, 0.6) is 0 Å². The van der Waals surface area contributed by atoms with Crippen LogP contribution in [0.2, 0.25) is 0 Å². The summed E-state index contributed by atoms with van der Waals surface area (Å²) in [5.74, 6) is 0.281. The van der Waals surface area contributed by atoms with Gasteiger partial charge in [-0.05, 0) is 11.8 Å². The Balaban J connectivity index is -0.0000000956. The molecule has 0 N–H and O–H groups in total. The van der Waals surface area contributed by atoms with Crippen molar-refractivity contribution in [3.05, 3.63) is 43.6 Å². The van der Waals surface area contributed by atoms with Crippen LogP contribution >= 0.6 is 0 Å². The van der Waals surface area contributed by atoms with E-state index < -0.39 is 11.1 Å². The van der Waals surface area contributed by atoms with Crippen LogP contribution in [0.3, 0.4) is 0 Å². The van der Waals surface area contributed by atoms with E-state index in [0.29, 0.717) is 0 Å². The van der Waals surface area contributed by atoms with Crippen LogP contribution < -0.4 is 0 Å². The first kappa shape index (κ1) is 26.9. The Morgan fingerprint density at radius 2 is 1.53 bits per heavy atom. The molecule has 0 aromatic heterocycles. The van der Waals surface area contributed by atoms with E-state index in [-0.39, 0.29) is 28.2 Å². The molecule has 1 aromatic carbocycles. The molecule has 0 radical (unpaired) electrons. The third-order valence-electron chi connectivity index (χ3n) is 1.57. The first-order chi connectivity index (χ1) is 8.42. The minimum absolute atomic E-state index is 0. The predicted molar refractivity (Wildman–Crippen MR) is 67.8 cm³/mol. The van der Waals surface area contributed by atoms with Gasteiger partial charge in [-0.15, -0.1) is 0 Å². The van der Waals surface area contributed by atoms with Crippen molar-refractivity contribution >= 4 is 11.1 Å². The molecule has 6 heteroatoms. The zero-order valence-corrected chi connectivity index (χ0v) is 13.1. The molecule has 0 aliphatic carbocycles. The number of hydrogen-bond donors (Lipinski definition) is 0. The van der Waals surface area contributed by atoms with Gasteiger partial charge in [0.15, 0.2) is 0 Å². The summed E-state index contributed by atoms with van der Waals surface area (Å²) >= 11 is -1.86. The maximum absolute atomic E-state index is 10.0. The van der Waals surface area contributed by atoms with Crippen molar-refractivity contribution in [2.75, 3.05) is 5.75 Å². The second-order valence-corrected chi connectivity index (χ2v) is 5.30. The monoisotopic (exact) mass is 326 g/mol. The topological polar surface area (TPSA) is 79.9 Å². The van der Waals surface area contributed by atoms with Gasteiger partial charge in [0.25, 0.3) is 0 Å². The Bertz CT molecular complexity index is 289. The molecule has 0 aliphatic rings. The van der Waals surface area contributed by atoms with Crippen LogP contribution in [-0.4, -0.2) is 14.5 Å². The molecule has 1 atom stereocenters. The van der Waals surface area contributed by atoms with Crippen molar-refractivity contribution in [1.82, 2.24) is 0 Å². The van der Waals surface area contributed by atoms with Crippen LogP contribution in [-0.2, 0) is 37.5 Å². The summed E-state index contributed by atoms with van der Waals surface area (Å²) in [6.45, 7) is 15.1. The summed E-state index contributed by atoms with van der Waals surface area (Å²) in [6, 6.07) is 10.0. The Labute approximate surface area is 128 Å². The maximum Gasteiger partial charge on any atom is 0 e. The van der Waals surface area contributed by atoms with Crippen molar-refractivity contribution in [2.45, 2.75) is 27.2 Å². The van der Waals surface area contributed by atoms with E-state index in [1.54, 1.807) is 0 Å². The minimum Gasteiger partial charge on any atom is -0.214 e. The molecular formula is C13H18FeO4S-2. The van der Waals surface area contributed by atoms with Crippen LogP contribution in [0, 0.1) is 18.7 Å². The third kappa shape index (κ3) is 38.1. The Morgan fingerprint density at radius 1 is 1.16 bits per heavy atom. The van der Waals surface area contributed by atoms with Crippen molar-refractivity contribution in [2.24, 2.45) is 5.41 Å². The van der Waals surface area contributed by atoms with Gasteiger partial charge in [-0.3, -0.25) is 4.21 Å². The Kier molecular flexibility index (Phi) is 28.0. The Morgan fingerprint density at radius 3 is 1.63 bits per heavy atom. The summed E-state index contributed by atoms with van der Waals surface area (Å²) in [5, 5.41) is 0. The molecule has 0 saturated heterocycles. The fourth-order valence-electron chi connectivity index (χ4n) is 0.710. The molecule has 0 bridgehead atoms. The van der Waals surface area contributed by atoms with E-state index >= 15 is 0 Å². The molecule has 0 heterocycles. The van der Waals surface area contributed by atoms with Crippen LogP contribution in [0.25, 0.3) is 0 Å². The molecule has 0 fully saturated rings. The van der Waals surface area contributed by atoms with E-state index in [1.807, 2.05) is 51.1 Å². The van der Waals surface area contributed by atoms with Gasteiger partial charge in [-0.25, -0.2) is 12.1 Å². The summed E-state index contributed by atoms with van der Waals surface area (Å²) < 4.78 is 35.1. The standard InChI is InChI=1S/C6H14O2S.C5H5.2CO.Fe/c1-6(2,3)4-5-9(7)8;1-2-4-5-3-1;2*1-2;/h4-5H2,1-3H3,(H,7,8);1-5H;;;/q;-1;;;/p-1. The van der Waals surface area contributed by atoms with Gasteiger partial charge in [0.05, 0.1) is 0 Å². The average molecular weight is 326 g/mol.